The van der Waals surface area contributed by atoms with E-state index in [1.54, 1.807) is 6.20 Å². The van der Waals surface area contributed by atoms with Crippen molar-refractivity contribution in [3.05, 3.63) is 41.2 Å². The smallest absolute Gasteiger partial charge is 0.129 e. The summed E-state index contributed by atoms with van der Waals surface area (Å²) in [5.41, 5.74) is 6.91. The summed E-state index contributed by atoms with van der Waals surface area (Å²) >= 11 is 5.81. The first-order chi connectivity index (χ1) is 6.66. The van der Waals surface area contributed by atoms with Crippen LogP contribution in [0.2, 0.25) is 5.15 Å². The number of fused-ring (bicyclic) bond motifs is 1. The quantitative estimate of drug-likeness (QED) is 0.780. The molecular weight excluding hydrogens is 231 g/mol. The average Bonchev–Trinajstić information content (AvgIpc) is 2.16. The topological polar surface area (TPSA) is 38.9 Å². The van der Waals surface area contributed by atoms with Gasteiger partial charge in [-0.3, -0.25) is 0 Å². The van der Waals surface area contributed by atoms with E-state index in [2.05, 4.69) is 4.98 Å². The third-order valence-electron chi connectivity index (χ3n) is 2.24. The van der Waals surface area contributed by atoms with Crippen molar-refractivity contribution >= 4 is 34.8 Å². The second kappa shape index (κ2) is 4.79. The standard InChI is InChI=1S/C11H11ClN2.ClH/c1-7(13)8-2-3-9-6-14-11(12)5-10(9)4-8;/h2-7H,13H2,1H3;1H/t7-;/m1./s1. The number of pyridine rings is 1. The van der Waals surface area contributed by atoms with Crippen LogP contribution in [0, 0.1) is 0 Å². The molecular formula is C11H12Cl2N2. The molecule has 0 aliphatic rings. The Kier molecular flexibility index (Phi) is 3.91. The molecule has 2 rings (SSSR count). The molecule has 0 amide bonds. The third-order valence-corrected chi connectivity index (χ3v) is 2.44. The molecule has 0 saturated heterocycles. The summed E-state index contributed by atoms with van der Waals surface area (Å²) in [5.74, 6) is 0. The first kappa shape index (κ1) is 12.2. The lowest BCUT2D eigenvalue weighted by Gasteiger charge is -2.06. The molecule has 1 aromatic heterocycles. The summed E-state index contributed by atoms with van der Waals surface area (Å²) in [6, 6.07) is 7.97. The second-order valence-corrected chi connectivity index (χ2v) is 3.79. The zero-order valence-electron chi connectivity index (χ0n) is 8.27. The molecule has 0 aliphatic carbocycles. The largest absolute Gasteiger partial charge is 0.324 e. The van der Waals surface area contributed by atoms with E-state index >= 15 is 0 Å². The number of hydrogen-bond donors (Lipinski definition) is 1. The molecule has 0 radical (unpaired) electrons. The molecule has 0 unspecified atom stereocenters. The summed E-state index contributed by atoms with van der Waals surface area (Å²) in [7, 11) is 0. The Bertz CT molecular complexity index is 469. The lowest BCUT2D eigenvalue weighted by atomic mass is 10.1. The molecule has 2 nitrogen and oxygen atoms in total. The Morgan fingerprint density at radius 3 is 2.67 bits per heavy atom. The summed E-state index contributed by atoms with van der Waals surface area (Å²) in [6.45, 7) is 1.96. The van der Waals surface area contributed by atoms with Crippen LogP contribution < -0.4 is 5.73 Å². The van der Waals surface area contributed by atoms with E-state index in [1.165, 1.54) is 0 Å². The fourth-order valence-corrected chi connectivity index (χ4v) is 1.58. The lowest BCUT2D eigenvalue weighted by Crippen LogP contribution is -2.04. The van der Waals surface area contributed by atoms with Crippen molar-refractivity contribution < 1.29 is 0 Å². The maximum Gasteiger partial charge on any atom is 0.129 e. The highest BCUT2D eigenvalue weighted by molar-refractivity contribution is 6.30. The Hall–Kier alpha value is -0.830. The minimum absolute atomic E-state index is 0. The summed E-state index contributed by atoms with van der Waals surface area (Å²) in [5, 5.41) is 2.68. The molecule has 80 valence electrons. The van der Waals surface area contributed by atoms with Crippen LogP contribution in [0.5, 0.6) is 0 Å². The Labute approximate surface area is 99.9 Å². The lowest BCUT2D eigenvalue weighted by molar-refractivity contribution is 0.820. The van der Waals surface area contributed by atoms with Crippen molar-refractivity contribution in [1.29, 1.82) is 0 Å². The average molecular weight is 243 g/mol. The van der Waals surface area contributed by atoms with E-state index in [0.29, 0.717) is 5.15 Å². The number of benzene rings is 1. The molecule has 2 aromatic rings. The summed E-state index contributed by atoms with van der Waals surface area (Å²) in [4.78, 5) is 4.02. The molecule has 15 heavy (non-hydrogen) atoms. The summed E-state index contributed by atoms with van der Waals surface area (Å²) in [6.07, 6.45) is 1.77. The maximum absolute atomic E-state index is 5.81. The van der Waals surface area contributed by atoms with Crippen molar-refractivity contribution in [2.75, 3.05) is 0 Å². The maximum atomic E-state index is 5.81. The highest BCUT2D eigenvalue weighted by Gasteiger charge is 2.01. The number of nitrogens with two attached hydrogens (primary N) is 1. The monoisotopic (exact) mass is 242 g/mol. The van der Waals surface area contributed by atoms with E-state index < -0.39 is 0 Å². The predicted molar refractivity (Wildman–Crippen MR) is 66.6 cm³/mol. The van der Waals surface area contributed by atoms with Crippen molar-refractivity contribution in [3.8, 4) is 0 Å². The molecule has 0 spiro atoms. The van der Waals surface area contributed by atoms with Gasteiger partial charge in [-0.05, 0) is 30.0 Å². The van der Waals surface area contributed by atoms with Crippen LogP contribution in [0.3, 0.4) is 0 Å². The van der Waals surface area contributed by atoms with Crippen molar-refractivity contribution in [3.63, 3.8) is 0 Å². The highest BCUT2D eigenvalue weighted by Crippen LogP contribution is 2.20. The minimum atomic E-state index is 0. The van der Waals surface area contributed by atoms with Crippen LogP contribution in [0.25, 0.3) is 10.8 Å². The van der Waals surface area contributed by atoms with Crippen LogP contribution >= 0.6 is 24.0 Å². The SMILES string of the molecule is C[C@@H](N)c1ccc2cnc(Cl)cc2c1.Cl. The van der Waals surface area contributed by atoms with Crippen molar-refractivity contribution in [2.24, 2.45) is 5.73 Å². The van der Waals surface area contributed by atoms with Gasteiger partial charge in [0.05, 0.1) is 0 Å². The molecule has 1 heterocycles. The van der Waals surface area contributed by atoms with Gasteiger partial charge in [0, 0.05) is 17.6 Å². The van der Waals surface area contributed by atoms with Crippen molar-refractivity contribution in [2.45, 2.75) is 13.0 Å². The van der Waals surface area contributed by atoms with E-state index in [-0.39, 0.29) is 18.4 Å². The van der Waals surface area contributed by atoms with Crippen LogP contribution in [0.1, 0.15) is 18.5 Å². The fraction of sp³-hybridized carbons (Fsp3) is 0.182. The van der Waals surface area contributed by atoms with Gasteiger partial charge in [0.2, 0.25) is 0 Å². The third kappa shape index (κ3) is 2.59. The van der Waals surface area contributed by atoms with Crippen LogP contribution in [-0.2, 0) is 0 Å². The van der Waals surface area contributed by atoms with Gasteiger partial charge in [-0.25, -0.2) is 4.98 Å². The number of halogens is 2. The van der Waals surface area contributed by atoms with E-state index in [9.17, 15) is 0 Å². The Balaban J connectivity index is 0.00000112. The zero-order chi connectivity index (χ0) is 10.1. The molecule has 4 heteroatoms. The second-order valence-electron chi connectivity index (χ2n) is 3.40. The van der Waals surface area contributed by atoms with Gasteiger partial charge in [0.25, 0.3) is 0 Å². The van der Waals surface area contributed by atoms with Gasteiger partial charge in [0.1, 0.15) is 5.15 Å². The Morgan fingerprint density at radius 1 is 1.27 bits per heavy atom. The van der Waals surface area contributed by atoms with Gasteiger partial charge in [-0.1, -0.05) is 23.7 Å². The number of rotatable bonds is 1. The van der Waals surface area contributed by atoms with Crippen LogP contribution in [0.4, 0.5) is 0 Å². The molecule has 0 saturated carbocycles. The van der Waals surface area contributed by atoms with Gasteiger partial charge in [-0.15, -0.1) is 12.4 Å². The normalized spacial score (nSPS) is 12.2. The molecule has 1 atom stereocenters. The number of hydrogen-bond acceptors (Lipinski definition) is 2. The molecule has 2 N–H and O–H groups in total. The van der Waals surface area contributed by atoms with E-state index in [0.717, 1.165) is 16.3 Å². The Morgan fingerprint density at radius 2 is 2.00 bits per heavy atom. The molecule has 0 bridgehead atoms. The summed E-state index contributed by atoms with van der Waals surface area (Å²) < 4.78 is 0. The van der Waals surface area contributed by atoms with Gasteiger partial charge in [-0.2, -0.15) is 0 Å². The van der Waals surface area contributed by atoms with Crippen LogP contribution in [0.15, 0.2) is 30.5 Å². The predicted octanol–water partition coefficient (Wildman–Crippen LogP) is 3.33. The van der Waals surface area contributed by atoms with Gasteiger partial charge >= 0.3 is 0 Å². The van der Waals surface area contributed by atoms with E-state index in [4.69, 9.17) is 17.3 Å². The fourth-order valence-electron chi connectivity index (χ4n) is 1.42. The number of aromatic nitrogens is 1. The zero-order valence-corrected chi connectivity index (χ0v) is 9.85. The van der Waals surface area contributed by atoms with Crippen molar-refractivity contribution in [1.82, 2.24) is 4.98 Å². The molecule has 1 aromatic carbocycles. The molecule has 0 fully saturated rings. The van der Waals surface area contributed by atoms with Gasteiger partial charge in [0.15, 0.2) is 0 Å². The first-order valence-electron chi connectivity index (χ1n) is 4.47. The first-order valence-corrected chi connectivity index (χ1v) is 4.85. The van der Waals surface area contributed by atoms with Gasteiger partial charge < -0.3 is 5.73 Å². The highest BCUT2D eigenvalue weighted by atomic mass is 35.5. The minimum Gasteiger partial charge on any atom is -0.324 e. The van der Waals surface area contributed by atoms with Crippen LogP contribution in [-0.4, -0.2) is 4.98 Å². The van der Waals surface area contributed by atoms with E-state index in [1.807, 2.05) is 31.2 Å². The molecule has 0 aliphatic heterocycles. The number of nitrogens with zero attached hydrogens (tertiary/aromatic N) is 1.